The lowest BCUT2D eigenvalue weighted by Crippen LogP contribution is -2.04. The summed E-state index contributed by atoms with van der Waals surface area (Å²) >= 11 is 0. The second-order valence-corrected chi connectivity index (χ2v) is 2.67. The molecule has 0 N–H and O–H groups in total. The highest BCUT2D eigenvalue weighted by Crippen LogP contribution is 2.24. The first kappa shape index (κ1) is 9.77. The third kappa shape index (κ3) is 2.57. The quantitative estimate of drug-likeness (QED) is 0.707. The molecule has 0 aromatic heterocycles. The van der Waals surface area contributed by atoms with Gasteiger partial charge in [-0.05, 0) is 6.42 Å². The van der Waals surface area contributed by atoms with Crippen LogP contribution >= 0.6 is 0 Å². The van der Waals surface area contributed by atoms with Gasteiger partial charge in [0.05, 0.1) is 0 Å². The van der Waals surface area contributed by atoms with E-state index in [-0.39, 0.29) is 18.4 Å². The van der Waals surface area contributed by atoms with Crippen molar-refractivity contribution in [3.05, 3.63) is 23.8 Å². The van der Waals surface area contributed by atoms with Gasteiger partial charge in [-0.15, -0.1) is 11.5 Å². The Morgan fingerprint density at radius 2 is 1.92 bits per heavy atom. The van der Waals surface area contributed by atoms with E-state index in [4.69, 9.17) is 0 Å². The molecule has 0 saturated carbocycles. The molecule has 0 aliphatic carbocycles. The molecule has 1 aromatic rings. The van der Waals surface area contributed by atoms with Crippen molar-refractivity contribution < 1.29 is 19.0 Å². The van der Waals surface area contributed by atoms with Crippen LogP contribution in [0.15, 0.2) is 18.2 Å². The van der Waals surface area contributed by atoms with E-state index in [1.165, 1.54) is 12.1 Å². The Balaban J connectivity index is 2.71. The Hall–Kier alpha value is -1.32. The summed E-state index contributed by atoms with van der Waals surface area (Å²) in [6, 6.07) is 3.95. The van der Waals surface area contributed by atoms with Crippen LogP contribution in [0.4, 0.5) is 8.78 Å². The van der Waals surface area contributed by atoms with Crippen molar-refractivity contribution in [3.63, 3.8) is 0 Å². The maximum atomic E-state index is 11.8. The SMILES string of the molecule is [O-]c1cccc(CCC(F)F)c1[O-]. The van der Waals surface area contributed by atoms with E-state index in [2.05, 4.69) is 0 Å². The van der Waals surface area contributed by atoms with Gasteiger partial charge < -0.3 is 10.2 Å². The topological polar surface area (TPSA) is 46.1 Å². The first-order valence-corrected chi connectivity index (χ1v) is 3.85. The number of rotatable bonds is 3. The molecule has 0 radical (unpaired) electrons. The van der Waals surface area contributed by atoms with Crippen molar-refractivity contribution in [2.45, 2.75) is 19.3 Å². The molecule has 13 heavy (non-hydrogen) atoms. The molecule has 0 aliphatic rings. The van der Waals surface area contributed by atoms with Crippen LogP contribution in [0.1, 0.15) is 12.0 Å². The Bertz CT molecular complexity index is 287. The van der Waals surface area contributed by atoms with Crippen molar-refractivity contribution >= 4 is 0 Å². The largest absolute Gasteiger partial charge is 0.873 e. The van der Waals surface area contributed by atoms with E-state index in [0.717, 1.165) is 6.07 Å². The van der Waals surface area contributed by atoms with Crippen molar-refractivity contribution in [1.82, 2.24) is 0 Å². The van der Waals surface area contributed by atoms with Crippen LogP contribution in [-0.2, 0) is 6.42 Å². The number of hydrogen-bond donors (Lipinski definition) is 0. The minimum atomic E-state index is -2.44. The maximum absolute atomic E-state index is 11.8. The lowest BCUT2D eigenvalue weighted by Gasteiger charge is -2.21. The van der Waals surface area contributed by atoms with Gasteiger partial charge in [-0.2, -0.15) is 0 Å². The fourth-order valence-electron chi connectivity index (χ4n) is 1.02. The van der Waals surface area contributed by atoms with E-state index in [1.807, 2.05) is 0 Å². The average molecular weight is 186 g/mol. The molecule has 1 aromatic carbocycles. The summed E-state index contributed by atoms with van der Waals surface area (Å²) in [5, 5.41) is 21.8. The van der Waals surface area contributed by atoms with Crippen LogP contribution in [0.2, 0.25) is 0 Å². The normalized spacial score (nSPS) is 10.7. The molecule has 72 valence electrons. The minimum Gasteiger partial charge on any atom is -0.873 e. The predicted octanol–water partition coefficient (Wildman–Crippen LogP) is 1.03. The van der Waals surface area contributed by atoms with E-state index in [9.17, 15) is 19.0 Å². The van der Waals surface area contributed by atoms with E-state index >= 15 is 0 Å². The third-order valence-electron chi connectivity index (χ3n) is 1.69. The van der Waals surface area contributed by atoms with Crippen LogP contribution in [0.5, 0.6) is 11.5 Å². The van der Waals surface area contributed by atoms with Gasteiger partial charge in [0, 0.05) is 6.42 Å². The highest BCUT2D eigenvalue weighted by Gasteiger charge is 2.02. The summed E-state index contributed by atoms with van der Waals surface area (Å²) in [5.41, 5.74) is 0.174. The monoisotopic (exact) mass is 186 g/mol. The van der Waals surface area contributed by atoms with Gasteiger partial charge in [0.2, 0.25) is 6.43 Å². The molecule has 0 unspecified atom stereocenters. The molecule has 0 atom stereocenters. The van der Waals surface area contributed by atoms with Crippen molar-refractivity contribution in [2.24, 2.45) is 0 Å². The Morgan fingerprint density at radius 1 is 1.23 bits per heavy atom. The Morgan fingerprint density at radius 3 is 2.54 bits per heavy atom. The first-order valence-electron chi connectivity index (χ1n) is 3.85. The molecule has 0 bridgehead atoms. The van der Waals surface area contributed by atoms with Gasteiger partial charge in [-0.25, -0.2) is 8.78 Å². The van der Waals surface area contributed by atoms with Gasteiger partial charge in [-0.3, -0.25) is 0 Å². The number of para-hydroxylation sites is 1. The third-order valence-corrected chi connectivity index (χ3v) is 1.69. The van der Waals surface area contributed by atoms with Crippen molar-refractivity contribution in [1.29, 1.82) is 0 Å². The molecule has 0 amide bonds. The van der Waals surface area contributed by atoms with Gasteiger partial charge in [0.1, 0.15) is 0 Å². The summed E-state index contributed by atoms with van der Waals surface area (Å²) in [6.45, 7) is 0. The lowest BCUT2D eigenvalue weighted by atomic mass is 10.1. The summed E-state index contributed by atoms with van der Waals surface area (Å²) < 4.78 is 23.5. The second-order valence-electron chi connectivity index (χ2n) is 2.67. The highest BCUT2D eigenvalue weighted by molar-refractivity contribution is 5.42. The average Bonchev–Trinajstić information content (AvgIpc) is 2.07. The zero-order valence-electron chi connectivity index (χ0n) is 6.80. The smallest absolute Gasteiger partial charge is 0.239 e. The van der Waals surface area contributed by atoms with Crippen LogP contribution < -0.4 is 10.2 Å². The minimum absolute atomic E-state index is 0.0351. The number of hydrogen-bond acceptors (Lipinski definition) is 2. The zero-order chi connectivity index (χ0) is 9.84. The van der Waals surface area contributed by atoms with E-state index < -0.39 is 17.9 Å². The van der Waals surface area contributed by atoms with E-state index in [1.54, 1.807) is 0 Å². The summed E-state index contributed by atoms with van der Waals surface area (Å²) in [4.78, 5) is 0. The molecule has 0 heterocycles. The number of halogens is 2. The molecule has 1 rings (SSSR count). The van der Waals surface area contributed by atoms with Gasteiger partial charge in [-0.1, -0.05) is 23.8 Å². The van der Waals surface area contributed by atoms with Crippen LogP contribution in [-0.4, -0.2) is 6.43 Å². The summed E-state index contributed by atoms with van der Waals surface area (Å²) in [7, 11) is 0. The fraction of sp³-hybridized carbons (Fsp3) is 0.333. The van der Waals surface area contributed by atoms with Crippen LogP contribution in [0.25, 0.3) is 0 Å². The fourth-order valence-corrected chi connectivity index (χ4v) is 1.02. The molecule has 0 saturated heterocycles. The van der Waals surface area contributed by atoms with Gasteiger partial charge in [0.15, 0.2) is 0 Å². The number of aryl methyl sites for hydroxylation is 1. The van der Waals surface area contributed by atoms with Crippen LogP contribution in [0.3, 0.4) is 0 Å². The first-order chi connectivity index (χ1) is 6.11. The zero-order valence-corrected chi connectivity index (χ0v) is 6.80. The van der Waals surface area contributed by atoms with Crippen molar-refractivity contribution in [3.8, 4) is 11.5 Å². The summed E-state index contributed by atoms with van der Waals surface area (Å²) in [6.07, 6.45) is -2.85. The van der Waals surface area contributed by atoms with Gasteiger partial charge in [0.25, 0.3) is 0 Å². The Kier molecular flexibility index (Phi) is 3.06. The number of alkyl halides is 2. The molecule has 0 aliphatic heterocycles. The molecule has 4 heteroatoms. The highest BCUT2D eigenvalue weighted by atomic mass is 19.3. The number of benzene rings is 1. The van der Waals surface area contributed by atoms with Gasteiger partial charge >= 0.3 is 0 Å². The maximum Gasteiger partial charge on any atom is 0.239 e. The molecule has 0 spiro atoms. The van der Waals surface area contributed by atoms with Crippen LogP contribution in [0, 0.1) is 0 Å². The molecule has 2 nitrogen and oxygen atoms in total. The standard InChI is InChI=1S/C9H10F2O2/c10-8(11)5-4-6-2-1-3-7(12)9(6)13/h1-3,8,12-13H,4-5H2/p-2. The van der Waals surface area contributed by atoms with Crippen molar-refractivity contribution in [2.75, 3.05) is 0 Å². The molecular formula is C9H8F2O2-2. The second kappa shape index (κ2) is 4.07. The predicted molar refractivity (Wildman–Crippen MR) is 39.7 cm³/mol. The molecule has 0 fully saturated rings. The Labute approximate surface area is 74.4 Å². The van der Waals surface area contributed by atoms with E-state index in [0.29, 0.717) is 0 Å². The lowest BCUT2D eigenvalue weighted by molar-refractivity contribution is -0.318. The summed E-state index contributed by atoms with van der Waals surface area (Å²) in [5.74, 6) is -1.30. The molecular weight excluding hydrogens is 178 g/mol.